The predicted molar refractivity (Wildman–Crippen MR) is 209 cm³/mol. The van der Waals surface area contributed by atoms with Crippen LogP contribution in [0.5, 0.6) is 0 Å². The largest absolute Gasteiger partial charge is 0.389 e. The third-order valence-electron chi connectivity index (χ3n) is 6.63. The molecule has 4 heterocycles. The van der Waals surface area contributed by atoms with Crippen LogP contribution in [-0.2, 0) is 9.59 Å². The topological polar surface area (TPSA) is 102 Å². The molecule has 0 aliphatic carbocycles. The highest BCUT2D eigenvalue weighted by molar-refractivity contribution is 14.1. The zero-order valence-electron chi connectivity index (χ0n) is 28.5. The molecular weight excluding hydrogens is 904 g/mol. The number of carbonyl (C=O) groups is 2. The van der Waals surface area contributed by atoms with E-state index in [0.717, 1.165) is 17.4 Å². The van der Waals surface area contributed by atoms with Gasteiger partial charge in [0.2, 0.25) is 11.8 Å². The Bertz CT molecular complexity index is 1690. The van der Waals surface area contributed by atoms with Crippen molar-refractivity contribution in [3.8, 4) is 11.4 Å². The molecule has 0 atom stereocenters. The zero-order valence-corrected chi connectivity index (χ0v) is 33.9. The van der Waals surface area contributed by atoms with Crippen molar-refractivity contribution in [2.24, 2.45) is 0 Å². The number of thiol groups is 1. The van der Waals surface area contributed by atoms with E-state index in [2.05, 4.69) is 32.8 Å². The molecule has 0 unspecified atom stereocenters. The normalized spacial score (nSPS) is 11.2. The number of pyridine rings is 2. The molecule has 0 aromatic carbocycles. The molecule has 0 aliphatic rings. The molecule has 0 spiro atoms. The highest BCUT2D eigenvalue weighted by atomic mass is 127. The smallest absolute Gasteiger partial charge is 0.308 e. The Morgan fingerprint density at radius 2 is 1.25 bits per heavy atom. The van der Waals surface area contributed by atoms with Gasteiger partial charge in [-0.25, -0.2) is 9.36 Å². The second-order valence-electron chi connectivity index (χ2n) is 10.5. The minimum Gasteiger partial charge on any atom is -0.308 e. The van der Waals surface area contributed by atoms with E-state index in [4.69, 9.17) is 23.2 Å². The number of alkyl halides is 7. The molecule has 4 aromatic rings. The van der Waals surface area contributed by atoms with E-state index in [1.54, 1.807) is 88.4 Å². The molecule has 4 aromatic heterocycles. The summed E-state index contributed by atoms with van der Waals surface area (Å²) in [4.78, 5) is 35.6. The molecule has 53 heavy (non-hydrogen) atoms. The van der Waals surface area contributed by atoms with Gasteiger partial charge in [-0.1, -0.05) is 45.8 Å². The maximum Gasteiger partial charge on any atom is 0.389 e. The SMILES string of the molecule is CCN(C(=O)CCS)c1cn(-c2cccnc2)nc1Cl.CCN(C(=O)CCSCCC(F)(F)F)c1cn(-c2cccnc2)nc1Cl.FC(F)(F)CCI. The highest BCUT2D eigenvalue weighted by Gasteiger charge is 2.27. The Morgan fingerprint density at radius 1 is 0.792 bits per heavy atom. The second-order valence-corrected chi connectivity index (χ2v) is 13.9. The van der Waals surface area contributed by atoms with Gasteiger partial charge in [0.25, 0.3) is 0 Å². The van der Waals surface area contributed by atoms with E-state index in [9.17, 15) is 35.9 Å². The van der Waals surface area contributed by atoms with Crippen LogP contribution >= 0.6 is 70.2 Å². The van der Waals surface area contributed by atoms with Gasteiger partial charge in [-0.3, -0.25) is 19.6 Å². The minimum atomic E-state index is -4.17. The number of halogens is 9. The van der Waals surface area contributed by atoms with Gasteiger partial charge in [0.05, 0.1) is 49.0 Å². The summed E-state index contributed by atoms with van der Waals surface area (Å²) in [5.41, 5.74) is 2.55. The standard InChI is InChI=1S/C16H18ClF3N4OS.C13H15ClN4OS.C3H4F3I/c1-2-23(14(25)5-8-26-9-6-16(18,19)20)13-11-24(22-15(13)17)12-4-3-7-21-10-12;1-2-17(12(19)5-7-20)11-9-18(16-13(11)14)10-4-3-6-15-8-10;4-3(5,6)1-2-7/h3-4,7,10-11H,2,5-6,8-9H2,1H3;3-4,6,8-9,20H,2,5,7H2,1H3;1-2H2. The molecule has 2 amide bonds. The van der Waals surface area contributed by atoms with Gasteiger partial charge in [0.15, 0.2) is 10.3 Å². The van der Waals surface area contributed by atoms with Gasteiger partial charge in [0.1, 0.15) is 11.4 Å². The fraction of sp³-hybridized carbons (Fsp3) is 0.438. The molecule has 0 aliphatic heterocycles. The third-order valence-corrected chi connectivity index (χ3v) is 8.92. The van der Waals surface area contributed by atoms with E-state index >= 15 is 0 Å². The van der Waals surface area contributed by atoms with E-state index < -0.39 is 25.2 Å². The molecule has 0 radical (unpaired) electrons. The Balaban J connectivity index is 0.000000318. The van der Waals surface area contributed by atoms with Crippen LogP contribution in [0.15, 0.2) is 61.4 Å². The molecule has 10 nitrogen and oxygen atoms in total. The summed E-state index contributed by atoms with van der Waals surface area (Å²) in [7, 11) is 0. The van der Waals surface area contributed by atoms with E-state index in [1.807, 2.05) is 19.1 Å². The van der Waals surface area contributed by atoms with E-state index in [-0.39, 0.29) is 33.6 Å². The minimum absolute atomic E-state index is 0.0184. The maximum atomic E-state index is 12.4. The number of amides is 2. The summed E-state index contributed by atoms with van der Waals surface area (Å²) in [6, 6.07) is 7.24. The van der Waals surface area contributed by atoms with Crippen molar-refractivity contribution >= 4 is 93.4 Å². The fourth-order valence-electron chi connectivity index (χ4n) is 4.18. The van der Waals surface area contributed by atoms with Gasteiger partial charge in [0, 0.05) is 54.3 Å². The summed E-state index contributed by atoms with van der Waals surface area (Å²) in [6.45, 7) is 4.61. The highest BCUT2D eigenvalue weighted by Crippen LogP contribution is 2.28. The van der Waals surface area contributed by atoms with E-state index in [1.165, 1.54) is 9.58 Å². The monoisotopic (exact) mass is 940 g/mol. The van der Waals surface area contributed by atoms with Crippen LogP contribution in [0.3, 0.4) is 0 Å². The lowest BCUT2D eigenvalue weighted by molar-refractivity contribution is -0.130. The molecular formula is C32H37Cl2F6IN8O2S2. The summed E-state index contributed by atoms with van der Waals surface area (Å²) >= 11 is 19.2. The summed E-state index contributed by atoms with van der Waals surface area (Å²) < 4.78 is 72.8. The van der Waals surface area contributed by atoms with Gasteiger partial charge in [-0.15, -0.1) is 0 Å². The van der Waals surface area contributed by atoms with E-state index in [0.29, 0.717) is 53.2 Å². The fourth-order valence-corrected chi connectivity index (χ4v) is 6.34. The lowest BCUT2D eigenvalue weighted by Gasteiger charge is -2.19. The van der Waals surface area contributed by atoms with Crippen LogP contribution in [0.1, 0.15) is 39.5 Å². The van der Waals surface area contributed by atoms with Crippen molar-refractivity contribution in [2.45, 2.75) is 51.9 Å². The Labute approximate surface area is 336 Å². The molecule has 0 saturated heterocycles. The van der Waals surface area contributed by atoms with Crippen LogP contribution in [0, 0.1) is 0 Å². The average molecular weight is 942 g/mol. The Hall–Kier alpha value is -2.75. The predicted octanol–water partition coefficient (Wildman–Crippen LogP) is 9.32. The molecule has 0 fully saturated rings. The number of hydrogen-bond donors (Lipinski definition) is 1. The first-order valence-corrected chi connectivity index (χ1v) is 19.9. The summed E-state index contributed by atoms with van der Waals surface area (Å²) in [5, 5.41) is 8.88. The lowest BCUT2D eigenvalue weighted by Crippen LogP contribution is -2.30. The number of anilines is 2. The molecule has 0 N–H and O–H groups in total. The van der Waals surface area contributed by atoms with Crippen molar-refractivity contribution in [1.82, 2.24) is 29.5 Å². The van der Waals surface area contributed by atoms with Gasteiger partial charge in [-0.2, -0.15) is 60.9 Å². The first-order chi connectivity index (χ1) is 25.0. The molecule has 21 heteroatoms. The van der Waals surface area contributed by atoms with Crippen molar-refractivity contribution in [3.63, 3.8) is 0 Å². The van der Waals surface area contributed by atoms with Crippen LogP contribution in [0.2, 0.25) is 10.3 Å². The Morgan fingerprint density at radius 3 is 1.58 bits per heavy atom. The molecule has 0 bridgehead atoms. The Kier molecular flexibility index (Phi) is 20.3. The maximum absolute atomic E-state index is 12.4. The number of aromatic nitrogens is 6. The van der Waals surface area contributed by atoms with Gasteiger partial charge < -0.3 is 9.80 Å². The van der Waals surface area contributed by atoms with Crippen molar-refractivity contribution in [3.05, 3.63) is 71.8 Å². The third kappa shape index (κ3) is 16.7. The molecule has 0 saturated carbocycles. The van der Waals surface area contributed by atoms with Gasteiger partial charge >= 0.3 is 12.4 Å². The number of thioether (sulfide) groups is 1. The summed E-state index contributed by atoms with van der Waals surface area (Å²) in [6.07, 6.45) is 0.828. The first-order valence-electron chi connectivity index (χ1n) is 15.8. The molecule has 292 valence electrons. The number of hydrogen-bond acceptors (Lipinski definition) is 8. The molecule has 4 rings (SSSR count). The number of rotatable bonds is 14. The first kappa shape index (κ1) is 46.4. The van der Waals surface area contributed by atoms with Crippen molar-refractivity contribution < 1.29 is 35.9 Å². The average Bonchev–Trinajstić information content (AvgIpc) is 3.68. The van der Waals surface area contributed by atoms with Crippen molar-refractivity contribution in [1.29, 1.82) is 0 Å². The van der Waals surface area contributed by atoms with Crippen molar-refractivity contribution in [2.75, 3.05) is 44.6 Å². The zero-order chi connectivity index (χ0) is 39.6. The van der Waals surface area contributed by atoms with Crippen LogP contribution in [0.4, 0.5) is 37.7 Å². The number of nitrogens with zero attached hydrogens (tertiary/aromatic N) is 8. The van der Waals surface area contributed by atoms with Gasteiger partial charge in [-0.05, 0) is 43.9 Å². The van der Waals surface area contributed by atoms with Crippen LogP contribution < -0.4 is 9.80 Å². The lowest BCUT2D eigenvalue weighted by atomic mass is 10.3. The summed E-state index contributed by atoms with van der Waals surface area (Å²) in [5.74, 6) is 0.543. The second kappa shape index (κ2) is 23.2. The van der Waals surface area contributed by atoms with Crippen LogP contribution in [-0.4, -0.2) is 88.5 Å². The number of carbonyl (C=O) groups excluding carboxylic acids is 2. The quantitative estimate of drug-likeness (QED) is 0.0442. The van der Waals surface area contributed by atoms with Crippen LogP contribution in [0.25, 0.3) is 11.4 Å².